The van der Waals surface area contributed by atoms with Gasteiger partial charge in [-0.1, -0.05) is 30.3 Å². The molecule has 0 bridgehead atoms. The summed E-state index contributed by atoms with van der Waals surface area (Å²) in [7, 11) is 0. The van der Waals surface area contributed by atoms with E-state index >= 15 is 0 Å². The number of carbonyl (C=O) groups excluding carboxylic acids is 1. The molecule has 0 spiro atoms. The molecule has 1 fully saturated rings. The molecule has 1 N–H and O–H groups in total. The van der Waals surface area contributed by atoms with Gasteiger partial charge >= 0.3 is 0 Å². The molecule has 120 valence electrons. The Kier molecular flexibility index (Phi) is 5.27. The molecule has 0 aliphatic carbocycles. The summed E-state index contributed by atoms with van der Waals surface area (Å²) < 4.78 is 5.19. The van der Waals surface area contributed by atoms with Crippen LogP contribution in [0.5, 0.6) is 0 Å². The van der Waals surface area contributed by atoms with Gasteiger partial charge in [-0.15, -0.1) is 0 Å². The van der Waals surface area contributed by atoms with Gasteiger partial charge in [-0.05, 0) is 49.7 Å². The van der Waals surface area contributed by atoms with Gasteiger partial charge in [0.25, 0.3) is 0 Å². The predicted octanol–water partition coefficient (Wildman–Crippen LogP) is 3.25. The lowest BCUT2D eigenvalue weighted by molar-refractivity contribution is -0.116. The number of nitrogens with zero attached hydrogens (tertiary/aromatic N) is 1. The highest BCUT2D eigenvalue weighted by Gasteiger charge is 2.23. The van der Waals surface area contributed by atoms with Crippen LogP contribution in [0, 0.1) is 0 Å². The Morgan fingerprint density at radius 3 is 2.65 bits per heavy atom. The van der Waals surface area contributed by atoms with Crippen LogP contribution in [0.1, 0.15) is 30.2 Å². The molecule has 2 heterocycles. The first-order valence-corrected chi connectivity index (χ1v) is 8.11. The summed E-state index contributed by atoms with van der Waals surface area (Å²) in [5.41, 5.74) is 1.25. The van der Waals surface area contributed by atoms with Crippen molar-refractivity contribution < 1.29 is 9.21 Å². The molecule has 1 aliphatic rings. The molecular weight excluding hydrogens is 288 g/mol. The van der Waals surface area contributed by atoms with Gasteiger partial charge in [-0.3, -0.25) is 9.69 Å². The van der Waals surface area contributed by atoms with Crippen molar-refractivity contribution in [1.82, 2.24) is 10.2 Å². The average Bonchev–Trinajstić information content (AvgIpc) is 3.28. The molecule has 3 rings (SSSR count). The molecule has 1 aliphatic heterocycles. The van der Waals surface area contributed by atoms with Crippen molar-refractivity contribution >= 4 is 12.0 Å². The third-order valence-corrected chi connectivity index (χ3v) is 4.18. The first kappa shape index (κ1) is 15.6. The van der Waals surface area contributed by atoms with Crippen LogP contribution in [0.15, 0.2) is 59.2 Å². The normalized spacial score (nSPS) is 16.7. The van der Waals surface area contributed by atoms with Gasteiger partial charge in [-0.25, -0.2) is 0 Å². The fourth-order valence-corrected chi connectivity index (χ4v) is 2.99. The number of rotatable bonds is 6. The van der Waals surface area contributed by atoms with Crippen LogP contribution in [0.4, 0.5) is 0 Å². The number of hydrogen-bond donors (Lipinski definition) is 1. The topological polar surface area (TPSA) is 45.5 Å². The van der Waals surface area contributed by atoms with Crippen LogP contribution in [0.3, 0.4) is 0 Å². The van der Waals surface area contributed by atoms with Crippen molar-refractivity contribution in [3.63, 3.8) is 0 Å². The maximum Gasteiger partial charge on any atom is 0.244 e. The highest BCUT2D eigenvalue weighted by atomic mass is 16.3. The van der Waals surface area contributed by atoms with Gasteiger partial charge in [0.2, 0.25) is 5.91 Å². The zero-order valence-corrected chi connectivity index (χ0v) is 13.2. The number of furan rings is 1. The van der Waals surface area contributed by atoms with Crippen molar-refractivity contribution in [2.75, 3.05) is 19.6 Å². The third kappa shape index (κ3) is 4.33. The summed E-state index contributed by atoms with van der Waals surface area (Å²) in [6.45, 7) is 2.81. The van der Waals surface area contributed by atoms with Crippen molar-refractivity contribution in [3.05, 3.63) is 66.1 Å². The average molecular weight is 310 g/mol. The van der Waals surface area contributed by atoms with Crippen LogP contribution in [0.2, 0.25) is 0 Å². The van der Waals surface area contributed by atoms with E-state index in [0.29, 0.717) is 12.3 Å². The van der Waals surface area contributed by atoms with E-state index in [0.717, 1.165) is 13.1 Å². The van der Waals surface area contributed by atoms with E-state index in [1.54, 1.807) is 18.4 Å². The number of benzene rings is 1. The van der Waals surface area contributed by atoms with Gasteiger partial charge in [0.1, 0.15) is 5.76 Å². The van der Waals surface area contributed by atoms with Crippen LogP contribution >= 0.6 is 0 Å². The summed E-state index contributed by atoms with van der Waals surface area (Å²) in [5.74, 6) is 0.584. The zero-order valence-electron chi connectivity index (χ0n) is 13.2. The zero-order chi connectivity index (χ0) is 15.9. The van der Waals surface area contributed by atoms with E-state index in [1.807, 2.05) is 12.1 Å². The summed E-state index contributed by atoms with van der Waals surface area (Å²) in [6.07, 6.45) is 7.26. The maximum absolute atomic E-state index is 12.0. The second-order valence-corrected chi connectivity index (χ2v) is 5.76. The van der Waals surface area contributed by atoms with Gasteiger partial charge in [0.15, 0.2) is 0 Å². The predicted molar refractivity (Wildman–Crippen MR) is 90.7 cm³/mol. The number of carbonyl (C=O) groups is 1. The van der Waals surface area contributed by atoms with E-state index in [9.17, 15) is 4.79 Å². The van der Waals surface area contributed by atoms with Crippen molar-refractivity contribution in [3.8, 4) is 0 Å². The molecule has 23 heavy (non-hydrogen) atoms. The van der Waals surface area contributed by atoms with Crippen molar-refractivity contribution in [2.45, 2.75) is 18.9 Å². The lowest BCUT2D eigenvalue weighted by Gasteiger charge is -2.28. The van der Waals surface area contributed by atoms with Crippen LogP contribution in [-0.2, 0) is 4.79 Å². The number of likely N-dealkylation sites (tertiary alicyclic amines) is 1. The molecular formula is C19H22N2O2. The van der Waals surface area contributed by atoms with E-state index in [-0.39, 0.29) is 11.9 Å². The van der Waals surface area contributed by atoms with Gasteiger partial charge in [0, 0.05) is 12.6 Å². The largest absolute Gasteiger partial charge is 0.465 e. The van der Waals surface area contributed by atoms with Crippen LogP contribution < -0.4 is 5.32 Å². The minimum atomic E-state index is -0.0958. The molecule has 0 radical (unpaired) electrons. The Balaban J connectivity index is 1.61. The van der Waals surface area contributed by atoms with Gasteiger partial charge in [0.05, 0.1) is 12.3 Å². The molecule has 1 amide bonds. The Morgan fingerprint density at radius 1 is 1.17 bits per heavy atom. The minimum Gasteiger partial charge on any atom is -0.465 e. The van der Waals surface area contributed by atoms with Crippen molar-refractivity contribution in [1.29, 1.82) is 0 Å². The summed E-state index contributed by atoms with van der Waals surface area (Å²) >= 11 is 0. The maximum atomic E-state index is 12.0. The Bertz CT molecular complexity index is 629. The van der Waals surface area contributed by atoms with Gasteiger partial charge in [-0.2, -0.15) is 0 Å². The SMILES string of the molecule is O=C(/C=C/c1ccco1)NCC(c1ccccc1)N1CCCC1. The fraction of sp³-hybridized carbons (Fsp3) is 0.316. The standard InChI is InChI=1S/C19H22N2O2/c22-19(11-10-17-9-6-14-23-17)20-15-18(21-12-4-5-13-21)16-7-2-1-3-8-16/h1-3,6-11,14,18H,4-5,12-13,15H2,(H,20,22)/b11-10+. The molecule has 2 aromatic rings. The first-order valence-electron chi connectivity index (χ1n) is 8.11. The molecule has 1 aromatic carbocycles. The Labute approximate surface area is 136 Å². The summed E-state index contributed by atoms with van der Waals surface area (Å²) in [4.78, 5) is 14.5. The molecule has 1 unspecified atom stereocenters. The van der Waals surface area contributed by atoms with E-state index in [1.165, 1.54) is 24.5 Å². The van der Waals surface area contributed by atoms with Crippen LogP contribution in [-0.4, -0.2) is 30.4 Å². The third-order valence-electron chi connectivity index (χ3n) is 4.18. The Hall–Kier alpha value is -2.33. The molecule has 1 atom stereocenters. The molecule has 1 aromatic heterocycles. The number of hydrogen-bond acceptors (Lipinski definition) is 3. The van der Waals surface area contributed by atoms with E-state index in [4.69, 9.17) is 4.42 Å². The lowest BCUT2D eigenvalue weighted by atomic mass is 10.1. The highest BCUT2D eigenvalue weighted by molar-refractivity contribution is 5.91. The highest BCUT2D eigenvalue weighted by Crippen LogP contribution is 2.24. The molecule has 4 heteroatoms. The van der Waals surface area contributed by atoms with Crippen LogP contribution in [0.25, 0.3) is 6.08 Å². The molecule has 4 nitrogen and oxygen atoms in total. The van der Waals surface area contributed by atoms with E-state index in [2.05, 4.69) is 34.5 Å². The molecule has 0 saturated carbocycles. The summed E-state index contributed by atoms with van der Waals surface area (Å²) in [5, 5.41) is 3.01. The minimum absolute atomic E-state index is 0.0958. The second kappa shape index (κ2) is 7.79. The van der Waals surface area contributed by atoms with E-state index < -0.39 is 0 Å². The molecule has 1 saturated heterocycles. The summed E-state index contributed by atoms with van der Waals surface area (Å²) in [6, 6.07) is 14.3. The quantitative estimate of drug-likeness (QED) is 0.833. The monoisotopic (exact) mass is 310 g/mol. The second-order valence-electron chi connectivity index (χ2n) is 5.76. The Morgan fingerprint density at radius 2 is 1.96 bits per heavy atom. The smallest absolute Gasteiger partial charge is 0.244 e. The lowest BCUT2D eigenvalue weighted by Crippen LogP contribution is -2.36. The fourth-order valence-electron chi connectivity index (χ4n) is 2.99. The van der Waals surface area contributed by atoms with Gasteiger partial charge < -0.3 is 9.73 Å². The first-order chi connectivity index (χ1) is 11.3. The number of amides is 1. The van der Waals surface area contributed by atoms with Crippen molar-refractivity contribution in [2.24, 2.45) is 0 Å². The number of nitrogens with one attached hydrogen (secondary N) is 1.